The SMILES string of the molecule is CNC(C)c1ccnc(N2CCCC(C(F)(F)F)C2)c1. The Bertz CT molecular complexity index is 448. The number of pyridine rings is 1. The number of aromatic nitrogens is 1. The van der Waals surface area contributed by atoms with Crippen molar-refractivity contribution in [2.45, 2.75) is 32.0 Å². The van der Waals surface area contributed by atoms with Gasteiger partial charge in [-0.25, -0.2) is 4.98 Å². The van der Waals surface area contributed by atoms with Crippen LogP contribution in [0.15, 0.2) is 18.3 Å². The molecule has 1 aromatic heterocycles. The van der Waals surface area contributed by atoms with Crippen molar-refractivity contribution in [2.24, 2.45) is 5.92 Å². The summed E-state index contributed by atoms with van der Waals surface area (Å²) in [7, 11) is 1.85. The van der Waals surface area contributed by atoms with Gasteiger partial charge >= 0.3 is 6.18 Å². The topological polar surface area (TPSA) is 28.2 Å². The molecule has 2 rings (SSSR count). The van der Waals surface area contributed by atoms with Gasteiger partial charge in [0, 0.05) is 25.3 Å². The van der Waals surface area contributed by atoms with Gasteiger partial charge in [-0.05, 0) is 44.5 Å². The normalized spacial score (nSPS) is 21.9. The van der Waals surface area contributed by atoms with Crippen molar-refractivity contribution in [3.8, 4) is 0 Å². The lowest BCUT2D eigenvalue weighted by Crippen LogP contribution is -2.42. The van der Waals surface area contributed by atoms with Gasteiger partial charge in [-0.3, -0.25) is 0 Å². The van der Waals surface area contributed by atoms with Gasteiger partial charge < -0.3 is 10.2 Å². The fraction of sp³-hybridized carbons (Fsp3) is 0.643. The van der Waals surface area contributed by atoms with E-state index in [1.807, 2.05) is 26.1 Å². The zero-order valence-corrected chi connectivity index (χ0v) is 11.7. The molecule has 1 N–H and O–H groups in total. The fourth-order valence-corrected chi connectivity index (χ4v) is 2.50. The second-order valence-corrected chi connectivity index (χ2v) is 5.28. The molecule has 0 aromatic carbocycles. The van der Waals surface area contributed by atoms with Crippen molar-refractivity contribution < 1.29 is 13.2 Å². The third-order valence-electron chi connectivity index (χ3n) is 3.91. The molecule has 0 amide bonds. The van der Waals surface area contributed by atoms with Crippen LogP contribution in [0.1, 0.15) is 31.4 Å². The predicted octanol–water partition coefficient (Wildman–Crippen LogP) is 3.14. The molecule has 0 radical (unpaired) electrons. The minimum absolute atomic E-state index is 0.00783. The van der Waals surface area contributed by atoms with Gasteiger partial charge in [-0.2, -0.15) is 13.2 Å². The van der Waals surface area contributed by atoms with Crippen LogP contribution in [-0.2, 0) is 0 Å². The maximum atomic E-state index is 12.8. The molecule has 112 valence electrons. The number of hydrogen-bond donors (Lipinski definition) is 1. The number of piperidine rings is 1. The monoisotopic (exact) mass is 287 g/mol. The van der Waals surface area contributed by atoms with E-state index in [0.29, 0.717) is 18.8 Å². The highest BCUT2D eigenvalue weighted by molar-refractivity contribution is 5.42. The van der Waals surface area contributed by atoms with E-state index >= 15 is 0 Å². The van der Waals surface area contributed by atoms with Crippen LogP contribution >= 0.6 is 0 Å². The first-order valence-electron chi connectivity index (χ1n) is 6.86. The molecule has 0 bridgehead atoms. The molecule has 2 heterocycles. The number of nitrogens with zero attached hydrogens (tertiary/aromatic N) is 2. The molecule has 3 nitrogen and oxygen atoms in total. The molecule has 6 heteroatoms. The number of anilines is 1. The van der Waals surface area contributed by atoms with Crippen molar-refractivity contribution in [1.82, 2.24) is 10.3 Å². The summed E-state index contributed by atoms with van der Waals surface area (Å²) in [6.45, 7) is 2.65. The molecule has 2 atom stereocenters. The summed E-state index contributed by atoms with van der Waals surface area (Å²) in [5.41, 5.74) is 1.03. The second-order valence-electron chi connectivity index (χ2n) is 5.28. The van der Waals surface area contributed by atoms with E-state index in [-0.39, 0.29) is 19.0 Å². The second kappa shape index (κ2) is 5.99. The lowest BCUT2D eigenvalue weighted by molar-refractivity contribution is -0.176. The van der Waals surface area contributed by atoms with Gasteiger partial charge in [0.1, 0.15) is 5.82 Å². The van der Waals surface area contributed by atoms with Crippen molar-refractivity contribution in [2.75, 3.05) is 25.0 Å². The molecule has 1 aliphatic heterocycles. The van der Waals surface area contributed by atoms with Gasteiger partial charge in [-0.1, -0.05) is 0 Å². The fourth-order valence-electron chi connectivity index (χ4n) is 2.50. The molecule has 0 aliphatic carbocycles. The minimum Gasteiger partial charge on any atom is -0.356 e. The van der Waals surface area contributed by atoms with Crippen LogP contribution in [0.25, 0.3) is 0 Å². The first-order chi connectivity index (χ1) is 9.41. The molecule has 1 aromatic rings. The average Bonchev–Trinajstić information content (AvgIpc) is 2.46. The number of halogens is 3. The van der Waals surface area contributed by atoms with Gasteiger partial charge in [0.05, 0.1) is 5.92 Å². The molecule has 1 aliphatic rings. The van der Waals surface area contributed by atoms with E-state index in [1.54, 1.807) is 11.1 Å². The van der Waals surface area contributed by atoms with Crippen molar-refractivity contribution in [3.63, 3.8) is 0 Å². The Labute approximate surface area is 117 Å². The first kappa shape index (κ1) is 15.1. The van der Waals surface area contributed by atoms with E-state index < -0.39 is 12.1 Å². The lowest BCUT2D eigenvalue weighted by Gasteiger charge is -2.34. The largest absolute Gasteiger partial charge is 0.393 e. The minimum atomic E-state index is -4.12. The number of hydrogen-bond acceptors (Lipinski definition) is 3. The van der Waals surface area contributed by atoms with Crippen LogP contribution in [0.2, 0.25) is 0 Å². The molecular formula is C14H20F3N3. The van der Waals surface area contributed by atoms with Crippen LogP contribution in [0.5, 0.6) is 0 Å². The maximum Gasteiger partial charge on any atom is 0.393 e. The van der Waals surface area contributed by atoms with E-state index in [2.05, 4.69) is 10.3 Å². The van der Waals surface area contributed by atoms with Crippen LogP contribution in [0.3, 0.4) is 0 Å². The van der Waals surface area contributed by atoms with Crippen LogP contribution in [0.4, 0.5) is 19.0 Å². The number of alkyl halides is 3. The van der Waals surface area contributed by atoms with E-state index in [4.69, 9.17) is 0 Å². The third kappa shape index (κ3) is 3.42. The highest BCUT2D eigenvalue weighted by Crippen LogP contribution is 2.34. The molecule has 2 unspecified atom stereocenters. The molecule has 1 saturated heterocycles. The standard InChI is InChI=1S/C14H20F3N3/c1-10(18-2)11-5-6-19-13(8-11)20-7-3-4-12(9-20)14(15,16)17/h5-6,8,10,12,18H,3-4,7,9H2,1-2H3. The first-order valence-corrected chi connectivity index (χ1v) is 6.86. The van der Waals surface area contributed by atoms with E-state index in [9.17, 15) is 13.2 Å². The van der Waals surface area contributed by atoms with Crippen LogP contribution < -0.4 is 10.2 Å². The summed E-state index contributed by atoms with van der Waals surface area (Å²) >= 11 is 0. The molecule has 0 saturated carbocycles. The van der Waals surface area contributed by atoms with Crippen molar-refractivity contribution in [1.29, 1.82) is 0 Å². The van der Waals surface area contributed by atoms with Gasteiger partial charge in [0.2, 0.25) is 0 Å². The number of nitrogens with one attached hydrogen (secondary N) is 1. The molecule has 1 fully saturated rings. The zero-order valence-electron chi connectivity index (χ0n) is 11.7. The van der Waals surface area contributed by atoms with Crippen molar-refractivity contribution in [3.05, 3.63) is 23.9 Å². The van der Waals surface area contributed by atoms with Gasteiger partial charge in [0.15, 0.2) is 0 Å². The molecular weight excluding hydrogens is 267 g/mol. The van der Waals surface area contributed by atoms with Gasteiger partial charge in [-0.15, -0.1) is 0 Å². The summed E-state index contributed by atoms with van der Waals surface area (Å²) in [4.78, 5) is 5.97. The van der Waals surface area contributed by atoms with E-state index in [0.717, 1.165) is 5.56 Å². The quantitative estimate of drug-likeness (QED) is 0.925. The molecule has 0 spiro atoms. The summed E-state index contributed by atoms with van der Waals surface area (Å²) in [6, 6.07) is 3.91. The smallest absolute Gasteiger partial charge is 0.356 e. The summed E-state index contributed by atoms with van der Waals surface area (Å²) < 4.78 is 38.5. The summed E-state index contributed by atoms with van der Waals surface area (Å²) in [5.74, 6) is -0.609. The summed E-state index contributed by atoms with van der Waals surface area (Å²) in [6.07, 6.45) is -1.69. The highest BCUT2D eigenvalue weighted by Gasteiger charge is 2.42. The predicted molar refractivity (Wildman–Crippen MR) is 72.7 cm³/mol. The molecule has 20 heavy (non-hydrogen) atoms. The zero-order chi connectivity index (χ0) is 14.8. The van der Waals surface area contributed by atoms with Crippen LogP contribution in [0, 0.1) is 5.92 Å². The third-order valence-corrected chi connectivity index (χ3v) is 3.91. The average molecular weight is 287 g/mol. The Morgan fingerprint density at radius 3 is 2.85 bits per heavy atom. The summed E-state index contributed by atoms with van der Waals surface area (Å²) in [5, 5.41) is 3.12. The highest BCUT2D eigenvalue weighted by atomic mass is 19.4. The lowest BCUT2D eigenvalue weighted by atomic mass is 9.97. The Hall–Kier alpha value is -1.30. The Balaban J connectivity index is 2.15. The van der Waals surface area contributed by atoms with E-state index in [1.165, 1.54) is 0 Å². The number of rotatable bonds is 3. The maximum absolute atomic E-state index is 12.8. The van der Waals surface area contributed by atoms with Crippen LogP contribution in [-0.4, -0.2) is 31.3 Å². The Morgan fingerprint density at radius 2 is 2.20 bits per heavy atom. The van der Waals surface area contributed by atoms with Gasteiger partial charge in [0.25, 0.3) is 0 Å². The Morgan fingerprint density at radius 1 is 1.45 bits per heavy atom. The Kier molecular flexibility index (Phi) is 4.52. The van der Waals surface area contributed by atoms with Crippen molar-refractivity contribution >= 4 is 5.82 Å².